The number of fused-ring (bicyclic) bond motifs is 2. The highest BCUT2D eigenvalue weighted by Gasteiger charge is 2.49. The second-order valence-corrected chi connectivity index (χ2v) is 7.67. The van der Waals surface area contributed by atoms with Gasteiger partial charge in [0.05, 0.1) is 17.6 Å². The fourth-order valence-corrected chi connectivity index (χ4v) is 4.79. The maximum Gasteiger partial charge on any atom is 0.251 e. The molecule has 27 heavy (non-hydrogen) atoms. The number of imidazole rings is 1. The van der Waals surface area contributed by atoms with E-state index in [1.165, 1.54) is 0 Å². The summed E-state index contributed by atoms with van der Waals surface area (Å²) in [5, 5.41) is 0. The molecule has 4 rings (SSSR count). The van der Waals surface area contributed by atoms with Gasteiger partial charge in [-0.1, -0.05) is 0 Å². The number of aromatic amines is 1. The summed E-state index contributed by atoms with van der Waals surface area (Å²) in [6, 6.07) is 0. The fourth-order valence-electron chi connectivity index (χ4n) is 4.79. The third kappa shape index (κ3) is 3.25. The summed E-state index contributed by atoms with van der Waals surface area (Å²) in [4.78, 5) is 37.2. The minimum Gasteiger partial charge on any atom is -0.375 e. The minimum absolute atomic E-state index is 0.0125. The third-order valence-electron chi connectivity index (χ3n) is 6.19. The second kappa shape index (κ2) is 7.59. The van der Waals surface area contributed by atoms with Crippen LogP contribution in [0.1, 0.15) is 43.5 Å². The second-order valence-electron chi connectivity index (χ2n) is 7.67. The van der Waals surface area contributed by atoms with Gasteiger partial charge in [0, 0.05) is 45.5 Å². The summed E-state index contributed by atoms with van der Waals surface area (Å²) in [6.45, 7) is 2.62. The van der Waals surface area contributed by atoms with Gasteiger partial charge in [0.1, 0.15) is 12.7 Å². The standard InChI is InChI=1S/C19H28N4O4/c1-26-12-16(24)23-8-5-14-17(21-13-20-14)19(23)6-9-22(10-7-19)18(25)15-4-2-3-11-27-15/h13,15H,2-12H2,1H3,(H,20,21)/t15-/m1/s1. The number of aromatic nitrogens is 2. The molecule has 2 fully saturated rings. The quantitative estimate of drug-likeness (QED) is 0.844. The molecule has 4 heterocycles. The van der Waals surface area contributed by atoms with Crippen LogP contribution in [0.25, 0.3) is 0 Å². The Hall–Kier alpha value is -1.93. The van der Waals surface area contributed by atoms with Gasteiger partial charge in [0.2, 0.25) is 5.91 Å². The molecule has 0 bridgehead atoms. The molecule has 1 atom stereocenters. The normalized spacial score (nSPS) is 24.7. The number of ether oxygens (including phenoxy) is 2. The number of methoxy groups -OCH3 is 1. The van der Waals surface area contributed by atoms with Crippen LogP contribution in [0.4, 0.5) is 0 Å². The van der Waals surface area contributed by atoms with Gasteiger partial charge in [0.25, 0.3) is 5.91 Å². The van der Waals surface area contributed by atoms with Crippen LogP contribution >= 0.6 is 0 Å². The van der Waals surface area contributed by atoms with Gasteiger partial charge >= 0.3 is 0 Å². The number of rotatable bonds is 3. The molecule has 0 unspecified atom stereocenters. The van der Waals surface area contributed by atoms with Crippen molar-refractivity contribution in [3.8, 4) is 0 Å². The van der Waals surface area contributed by atoms with Crippen molar-refractivity contribution in [3.05, 3.63) is 17.7 Å². The van der Waals surface area contributed by atoms with E-state index in [4.69, 9.17) is 9.47 Å². The van der Waals surface area contributed by atoms with Crippen LogP contribution in [0.15, 0.2) is 6.33 Å². The Balaban J connectivity index is 1.53. The SMILES string of the molecule is COCC(=O)N1CCc2[nH]cnc2C12CCN(C(=O)[C@H]1CCCCO1)CC2. The van der Waals surface area contributed by atoms with Gasteiger partial charge in [0.15, 0.2) is 0 Å². The number of carbonyl (C=O) groups is 2. The van der Waals surface area contributed by atoms with E-state index in [0.717, 1.165) is 37.1 Å². The van der Waals surface area contributed by atoms with E-state index in [0.29, 0.717) is 39.1 Å². The average molecular weight is 376 g/mol. The number of likely N-dealkylation sites (tertiary alicyclic amines) is 1. The fraction of sp³-hybridized carbons (Fsp3) is 0.737. The van der Waals surface area contributed by atoms with E-state index >= 15 is 0 Å². The molecule has 1 N–H and O–H groups in total. The van der Waals surface area contributed by atoms with Crippen molar-refractivity contribution in [1.29, 1.82) is 0 Å². The molecular formula is C19H28N4O4. The van der Waals surface area contributed by atoms with Crippen molar-refractivity contribution >= 4 is 11.8 Å². The molecule has 1 spiro atoms. The zero-order valence-corrected chi connectivity index (χ0v) is 15.9. The van der Waals surface area contributed by atoms with Gasteiger partial charge in [-0.2, -0.15) is 0 Å². The smallest absolute Gasteiger partial charge is 0.251 e. The average Bonchev–Trinajstić information content (AvgIpc) is 3.19. The Morgan fingerprint density at radius 3 is 2.85 bits per heavy atom. The number of nitrogens with zero attached hydrogens (tertiary/aromatic N) is 3. The third-order valence-corrected chi connectivity index (χ3v) is 6.19. The van der Waals surface area contributed by atoms with E-state index in [1.807, 2.05) is 9.80 Å². The number of hydrogen-bond donors (Lipinski definition) is 1. The number of nitrogens with one attached hydrogen (secondary N) is 1. The molecule has 1 aromatic rings. The molecule has 3 aliphatic rings. The molecular weight excluding hydrogens is 348 g/mol. The van der Waals surface area contributed by atoms with Gasteiger partial charge < -0.3 is 24.3 Å². The first-order chi connectivity index (χ1) is 13.2. The van der Waals surface area contributed by atoms with Crippen molar-refractivity contribution in [3.63, 3.8) is 0 Å². The molecule has 0 radical (unpaired) electrons. The first-order valence-electron chi connectivity index (χ1n) is 9.88. The zero-order chi connectivity index (χ0) is 18.9. The number of H-pyrrole nitrogens is 1. The molecule has 0 aliphatic carbocycles. The topological polar surface area (TPSA) is 87.8 Å². The molecule has 2 amide bonds. The molecule has 148 valence electrons. The van der Waals surface area contributed by atoms with Gasteiger partial charge in [-0.25, -0.2) is 4.98 Å². The van der Waals surface area contributed by atoms with Crippen molar-refractivity contribution in [1.82, 2.24) is 19.8 Å². The minimum atomic E-state index is -0.451. The van der Waals surface area contributed by atoms with E-state index in [-0.39, 0.29) is 24.5 Å². The summed E-state index contributed by atoms with van der Waals surface area (Å²) in [7, 11) is 1.54. The predicted octanol–water partition coefficient (Wildman–Crippen LogP) is 0.828. The lowest BCUT2D eigenvalue weighted by Gasteiger charge is -2.50. The largest absolute Gasteiger partial charge is 0.375 e. The number of hydrogen-bond acceptors (Lipinski definition) is 5. The predicted molar refractivity (Wildman–Crippen MR) is 97.0 cm³/mol. The number of piperidine rings is 1. The highest BCUT2D eigenvalue weighted by Crippen LogP contribution is 2.42. The lowest BCUT2D eigenvalue weighted by atomic mass is 9.78. The summed E-state index contributed by atoms with van der Waals surface area (Å²) in [5.74, 6) is 0.0823. The Morgan fingerprint density at radius 2 is 2.15 bits per heavy atom. The van der Waals surface area contributed by atoms with Crippen molar-refractivity contribution < 1.29 is 19.1 Å². The van der Waals surface area contributed by atoms with Crippen LogP contribution in [-0.4, -0.2) is 77.6 Å². The van der Waals surface area contributed by atoms with E-state index in [2.05, 4.69) is 9.97 Å². The Kier molecular flexibility index (Phi) is 5.19. The van der Waals surface area contributed by atoms with E-state index in [9.17, 15) is 9.59 Å². The van der Waals surface area contributed by atoms with E-state index < -0.39 is 5.54 Å². The highest BCUT2D eigenvalue weighted by atomic mass is 16.5. The number of amides is 2. The van der Waals surface area contributed by atoms with Gasteiger partial charge in [-0.05, 0) is 32.1 Å². The van der Waals surface area contributed by atoms with Crippen LogP contribution < -0.4 is 0 Å². The van der Waals surface area contributed by atoms with Crippen LogP contribution in [0.3, 0.4) is 0 Å². The molecule has 8 nitrogen and oxygen atoms in total. The van der Waals surface area contributed by atoms with Crippen molar-refractivity contribution in [2.24, 2.45) is 0 Å². The van der Waals surface area contributed by atoms with Gasteiger partial charge in [-0.3, -0.25) is 9.59 Å². The highest BCUT2D eigenvalue weighted by molar-refractivity contribution is 5.81. The first kappa shape index (κ1) is 18.4. The summed E-state index contributed by atoms with van der Waals surface area (Å²) in [5.41, 5.74) is 1.61. The molecule has 8 heteroatoms. The molecule has 3 aliphatic heterocycles. The Labute approximate surface area is 159 Å². The van der Waals surface area contributed by atoms with Crippen molar-refractivity contribution in [2.45, 2.75) is 50.2 Å². The molecule has 0 saturated carbocycles. The number of carbonyl (C=O) groups excluding carboxylic acids is 2. The summed E-state index contributed by atoms with van der Waals surface area (Å²) < 4.78 is 10.8. The van der Waals surface area contributed by atoms with Crippen LogP contribution in [0.2, 0.25) is 0 Å². The van der Waals surface area contributed by atoms with Crippen LogP contribution in [0, 0.1) is 0 Å². The lowest BCUT2D eigenvalue weighted by Crippen LogP contribution is -2.60. The van der Waals surface area contributed by atoms with Crippen LogP contribution in [-0.2, 0) is 31.0 Å². The molecule has 0 aromatic carbocycles. The Bertz CT molecular complexity index is 690. The summed E-state index contributed by atoms with van der Waals surface area (Å²) >= 11 is 0. The van der Waals surface area contributed by atoms with E-state index in [1.54, 1.807) is 13.4 Å². The zero-order valence-electron chi connectivity index (χ0n) is 15.9. The maximum atomic E-state index is 12.8. The van der Waals surface area contributed by atoms with Gasteiger partial charge in [-0.15, -0.1) is 0 Å². The van der Waals surface area contributed by atoms with Crippen molar-refractivity contribution in [2.75, 3.05) is 40.0 Å². The van der Waals surface area contributed by atoms with Crippen LogP contribution in [0.5, 0.6) is 0 Å². The summed E-state index contributed by atoms with van der Waals surface area (Å²) in [6.07, 6.45) is 6.45. The monoisotopic (exact) mass is 376 g/mol. The molecule has 2 saturated heterocycles. The molecule has 1 aromatic heterocycles. The first-order valence-corrected chi connectivity index (χ1v) is 9.88. The Morgan fingerprint density at radius 1 is 1.33 bits per heavy atom. The maximum absolute atomic E-state index is 12.8. The lowest BCUT2D eigenvalue weighted by molar-refractivity contribution is -0.153.